The molecule has 20 heavy (non-hydrogen) atoms. The molecule has 0 radical (unpaired) electrons. The van der Waals surface area contributed by atoms with Gasteiger partial charge in [0.05, 0.1) is 11.0 Å². The van der Waals surface area contributed by atoms with Crippen LogP contribution in [-0.2, 0) is 0 Å². The van der Waals surface area contributed by atoms with Crippen LogP contribution in [0.4, 0.5) is 0 Å². The summed E-state index contributed by atoms with van der Waals surface area (Å²) in [4.78, 5) is 19.2. The normalized spacial score (nSPS) is 10.9. The number of carbonyl (C=O) groups is 1. The van der Waals surface area contributed by atoms with Gasteiger partial charge in [0.2, 0.25) is 0 Å². The molecule has 3 aromatic rings. The monoisotopic (exact) mass is 330 g/mol. The fourth-order valence-corrected chi connectivity index (χ4v) is 2.28. The number of Topliss-reactive ketones (excluding diaryl/α,β-unsaturated/α-hetero) is 1. The summed E-state index contributed by atoms with van der Waals surface area (Å²) < 4.78 is 1.01. The molecule has 2 aromatic carbocycles. The van der Waals surface area contributed by atoms with Crippen molar-refractivity contribution in [1.82, 2.24) is 9.97 Å². The zero-order valence-electron chi connectivity index (χ0n) is 10.4. The molecule has 0 aliphatic rings. The summed E-state index contributed by atoms with van der Waals surface area (Å²) in [6, 6.07) is 13.0. The van der Waals surface area contributed by atoms with Crippen molar-refractivity contribution in [3.05, 3.63) is 52.5 Å². The molecule has 100 valence electrons. The molecule has 0 aliphatic heterocycles. The van der Waals surface area contributed by atoms with Crippen LogP contribution < -0.4 is 0 Å². The number of rotatable bonds is 3. The van der Waals surface area contributed by atoms with Crippen molar-refractivity contribution >= 4 is 32.7 Å². The number of benzene rings is 2. The molecule has 0 aliphatic carbocycles. The molecule has 0 atom stereocenters. The van der Waals surface area contributed by atoms with E-state index in [1.54, 1.807) is 18.2 Å². The quantitative estimate of drug-likeness (QED) is 0.725. The van der Waals surface area contributed by atoms with E-state index in [2.05, 4.69) is 25.9 Å². The van der Waals surface area contributed by atoms with E-state index in [1.807, 2.05) is 24.3 Å². The zero-order valence-corrected chi connectivity index (χ0v) is 12.0. The Kier molecular flexibility index (Phi) is 3.38. The predicted octanol–water partition coefficient (Wildman–Crippen LogP) is 3.17. The first-order chi connectivity index (χ1) is 9.67. The van der Waals surface area contributed by atoms with Crippen molar-refractivity contribution in [3.8, 4) is 11.4 Å². The number of hydrogen-bond acceptors (Lipinski definition) is 3. The first kappa shape index (κ1) is 13.0. The van der Waals surface area contributed by atoms with Crippen LogP contribution in [0.3, 0.4) is 0 Å². The van der Waals surface area contributed by atoms with Crippen molar-refractivity contribution in [2.24, 2.45) is 0 Å². The number of hydrogen-bond donors (Lipinski definition) is 2. The fraction of sp³-hybridized carbons (Fsp3) is 0.0667. The van der Waals surface area contributed by atoms with Gasteiger partial charge in [-0.2, -0.15) is 0 Å². The molecule has 0 saturated heterocycles. The van der Waals surface area contributed by atoms with E-state index in [0.717, 1.165) is 26.9 Å². The van der Waals surface area contributed by atoms with Gasteiger partial charge in [-0.25, -0.2) is 4.98 Å². The van der Waals surface area contributed by atoms with Crippen molar-refractivity contribution in [3.63, 3.8) is 0 Å². The highest BCUT2D eigenvalue weighted by molar-refractivity contribution is 9.10. The predicted molar refractivity (Wildman–Crippen MR) is 80.6 cm³/mol. The molecule has 0 unspecified atom stereocenters. The first-order valence-corrected chi connectivity index (χ1v) is 6.86. The van der Waals surface area contributed by atoms with Crippen LogP contribution in [0.5, 0.6) is 0 Å². The lowest BCUT2D eigenvalue weighted by Crippen LogP contribution is -2.03. The van der Waals surface area contributed by atoms with Crippen LogP contribution in [0.25, 0.3) is 22.4 Å². The summed E-state index contributed by atoms with van der Waals surface area (Å²) in [6.07, 6.45) is 0. The average Bonchev–Trinajstić information content (AvgIpc) is 2.90. The largest absolute Gasteiger partial charge is 0.388 e. The number of ketones is 1. The molecule has 3 rings (SSSR count). The number of imidazole rings is 1. The fourth-order valence-electron chi connectivity index (χ4n) is 2.02. The number of halogens is 1. The molecule has 0 fully saturated rings. The Labute approximate surface area is 123 Å². The number of aromatic amines is 1. The number of aliphatic hydroxyl groups is 1. The topological polar surface area (TPSA) is 66.0 Å². The van der Waals surface area contributed by atoms with Crippen molar-refractivity contribution in [2.45, 2.75) is 0 Å². The Morgan fingerprint density at radius 3 is 2.65 bits per heavy atom. The van der Waals surface area contributed by atoms with Gasteiger partial charge < -0.3 is 10.1 Å². The molecule has 0 spiro atoms. The molecule has 0 saturated carbocycles. The molecule has 1 heterocycles. The maximum atomic E-state index is 11.5. The van der Waals surface area contributed by atoms with Crippen LogP contribution in [0.15, 0.2) is 46.9 Å². The second-order valence-corrected chi connectivity index (χ2v) is 5.32. The van der Waals surface area contributed by atoms with Crippen LogP contribution in [0.2, 0.25) is 0 Å². The van der Waals surface area contributed by atoms with Gasteiger partial charge in [0.1, 0.15) is 12.4 Å². The number of carbonyl (C=O) groups excluding carboxylic acids is 1. The number of H-pyrrole nitrogens is 1. The Balaban J connectivity index is 2.06. The van der Waals surface area contributed by atoms with Gasteiger partial charge in [-0.15, -0.1) is 0 Å². The number of fused-ring (bicyclic) bond motifs is 1. The van der Waals surface area contributed by atoms with Gasteiger partial charge in [-0.3, -0.25) is 4.79 Å². The van der Waals surface area contributed by atoms with Gasteiger partial charge in [-0.05, 0) is 30.3 Å². The summed E-state index contributed by atoms with van der Waals surface area (Å²) in [6.45, 7) is -0.487. The molecular formula is C15H11BrN2O2. The number of nitrogens with one attached hydrogen (secondary N) is 1. The number of aliphatic hydroxyl groups excluding tert-OH is 1. The highest BCUT2D eigenvalue weighted by Gasteiger charge is 2.09. The van der Waals surface area contributed by atoms with Gasteiger partial charge in [0.15, 0.2) is 5.78 Å². The van der Waals surface area contributed by atoms with E-state index in [4.69, 9.17) is 5.11 Å². The SMILES string of the molecule is O=C(CO)c1ccc2nc(-c3ccc(Br)cc3)[nH]c2c1. The molecule has 0 bridgehead atoms. The Morgan fingerprint density at radius 1 is 1.20 bits per heavy atom. The maximum absolute atomic E-state index is 11.5. The van der Waals surface area contributed by atoms with Gasteiger partial charge >= 0.3 is 0 Å². The molecule has 4 nitrogen and oxygen atoms in total. The Hall–Kier alpha value is -1.98. The highest BCUT2D eigenvalue weighted by Crippen LogP contribution is 2.23. The van der Waals surface area contributed by atoms with Gasteiger partial charge in [0, 0.05) is 15.6 Å². The van der Waals surface area contributed by atoms with Crippen LogP contribution in [0, 0.1) is 0 Å². The van der Waals surface area contributed by atoms with E-state index < -0.39 is 6.61 Å². The van der Waals surface area contributed by atoms with Gasteiger partial charge in [0.25, 0.3) is 0 Å². The van der Waals surface area contributed by atoms with E-state index >= 15 is 0 Å². The second kappa shape index (κ2) is 5.19. The highest BCUT2D eigenvalue weighted by atomic mass is 79.9. The number of nitrogens with zero attached hydrogens (tertiary/aromatic N) is 1. The third-order valence-corrected chi connectivity index (χ3v) is 3.59. The lowest BCUT2D eigenvalue weighted by molar-refractivity contribution is 0.0904. The molecule has 0 amide bonds. The lowest BCUT2D eigenvalue weighted by Gasteiger charge is -1.96. The Bertz CT molecular complexity index is 778. The standard InChI is InChI=1S/C15H11BrN2O2/c16-11-4-1-9(2-5-11)15-17-12-6-3-10(14(20)8-19)7-13(12)18-15/h1-7,19H,8H2,(H,17,18). The van der Waals surface area contributed by atoms with Crippen molar-refractivity contribution in [1.29, 1.82) is 0 Å². The molecular weight excluding hydrogens is 320 g/mol. The van der Waals surface area contributed by atoms with Crippen molar-refractivity contribution in [2.75, 3.05) is 6.61 Å². The van der Waals surface area contributed by atoms with E-state index in [1.165, 1.54) is 0 Å². The third kappa shape index (κ3) is 2.37. The smallest absolute Gasteiger partial charge is 0.188 e. The molecule has 5 heteroatoms. The zero-order chi connectivity index (χ0) is 14.1. The third-order valence-electron chi connectivity index (χ3n) is 3.07. The van der Waals surface area contributed by atoms with Crippen LogP contribution in [-0.4, -0.2) is 27.5 Å². The lowest BCUT2D eigenvalue weighted by atomic mass is 10.1. The average molecular weight is 331 g/mol. The van der Waals surface area contributed by atoms with Gasteiger partial charge in [-0.1, -0.05) is 28.1 Å². The van der Waals surface area contributed by atoms with E-state index in [0.29, 0.717) is 5.56 Å². The van der Waals surface area contributed by atoms with E-state index in [-0.39, 0.29) is 5.78 Å². The summed E-state index contributed by atoms with van der Waals surface area (Å²) in [5.74, 6) is 0.452. The van der Waals surface area contributed by atoms with E-state index in [9.17, 15) is 4.79 Å². The van der Waals surface area contributed by atoms with Crippen molar-refractivity contribution < 1.29 is 9.90 Å². The first-order valence-electron chi connectivity index (χ1n) is 6.07. The summed E-state index contributed by atoms with van der Waals surface area (Å²) in [7, 11) is 0. The molecule has 1 aromatic heterocycles. The second-order valence-electron chi connectivity index (χ2n) is 4.41. The minimum Gasteiger partial charge on any atom is -0.388 e. The number of aromatic nitrogens is 2. The van der Waals surface area contributed by atoms with Crippen LogP contribution in [0.1, 0.15) is 10.4 Å². The summed E-state index contributed by atoms with van der Waals surface area (Å²) >= 11 is 3.39. The molecule has 2 N–H and O–H groups in total. The minimum absolute atomic E-state index is 0.299. The maximum Gasteiger partial charge on any atom is 0.188 e. The minimum atomic E-state index is -0.487. The van der Waals surface area contributed by atoms with Crippen LogP contribution >= 0.6 is 15.9 Å². The Morgan fingerprint density at radius 2 is 1.95 bits per heavy atom. The summed E-state index contributed by atoms with van der Waals surface area (Å²) in [5.41, 5.74) is 3.02. The summed E-state index contributed by atoms with van der Waals surface area (Å²) in [5, 5.41) is 8.89.